The van der Waals surface area contributed by atoms with Gasteiger partial charge in [0.1, 0.15) is 5.75 Å². The Kier molecular flexibility index (Phi) is 5.86. The third-order valence-corrected chi connectivity index (χ3v) is 3.92. The van der Waals surface area contributed by atoms with Gasteiger partial charge in [0.05, 0.1) is 6.61 Å². The molecule has 2 heteroatoms. The van der Waals surface area contributed by atoms with Crippen LogP contribution in [0.2, 0.25) is 0 Å². The maximum Gasteiger partial charge on any atom is 0.125 e. The average molecular weight is 263 g/mol. The minimum atomic E-state index is 0.259. The van der Waals surface area contributed by atoms with Gasteiger partial charge in [-0.3, -0.25) is 0 Å². The van der Waals surface area contributed by atoms with Crippen molar-refractivity contribution in [1.82, 2.24) is 0 Å². The molecule has 1 aromatic rings. The highest BCUT2D eigenvalue weighted by atomic mass is 16.5. The average Bonchev–Trinajstić information content (AvgIpc) is 2.37. The minimum absolute atomic E-state index is 0.259. The third-order valence-electron chi connectivity index (χ3n) is 3.92. The van der Waals surface area contributed by atoms with Crippen LogP contribution < -0.4 is 10.5 Å². The molecule has 0 aromatic heterocycles. The van der Waals surface area contributed by atoms with Crippen LogP contribution in [-0.4, -0.2) is 13.2 Å². The summed E-state index contributed by atoms with van der Waals surface area (Å²) in [6.45, 7) is 12.4. The van der Waals surface area contributed by atoms with E-state index in [1.165, 1.54) is 29.5 Å². The van der Waals surface area contributed by atoms with Gasteiger partial charge in [0, 0.05) is 0 Å². The second kappa shape index (κ2) is 6.95. The number of hydrogen-bond acceptors (Lipinski definition) is 2. The van der Waals surface area contributed by atoms with Gasteiger partial charge in [0.25, 0.3) is 0 Å². The first-order valence-corrected chi connectivity index (χ1v) is 7.27. The second-order valence-corrected chi connectivity index (χ2v) is 6.33. The molecule has 0 saturated heterocycles. The summed E-state index contributed by atoms with van der Waals surface area (Å²) in [6, 6.07) is 4.29. The molecule has 0 spiro atoms. The van der Waals surface area contributed by atoms with E-state index < -0.39 is 0 Å². The highest BCUT2D eigenvalue weighted by Gasteiger charge is 2.14. The van der Waals surface area contributed by atoms with Crippen molar-refractivity contribution in [1.29, 1.82) is 0 Å². The van der Waals surface area contributed by atoms with Crippen molar-refractivity contribution in [2.24, 2.45) is 11.1 Å². The van der Waals surface area contributed by atoms with E-state index in [1.807, 2.05) is 0 Å². The Morgan fingerprint density at radius 1 is 1.05 bits per heavy atom. The number of unbranched alkanes of at least 4 members (excludes halogenated alkanes) is 1. The normalized spacial score (nSPS) is 11.7. The Bertz CT molecular complexity index is 410. The largest absolute Gasteiger partial charge is 0.493 e. The van der Waals surface area contributed by atoms with Gasteiger partial charge in [-0.15, -0.1) is 0 Å². The van der Waals surface area contributed by atoms with Gasteiger partial charge in [-0.05, 0) is 68.7 Å². The van der Waals surface area contributed by atoms with Crippen LogP contribution in [0.3, 0.4) is 0 Å². The molecular weight excluding hydrogens is 234 g/mol. The lowest BCUT2D eigenvalue weighted by atomic mass is 9.87. The van der Waals surface area contributed by atoms with Crippen LogP contribution in [0.4, 0.5) is 0 Å². The Labute approximate surface area is 118 Å². The molecule has 0 aliphatic rings. The van der Waals surface area contributed by atoms with Gasteiger partial charge in [-0.2, -0.15) is 0 Å². The number of ether oxygens (including phenoxy) is 1. The van der Waals surface area contributed by atoms with E-state index >= 15 is 0 Å². The Morgan fingerprint density at radius 2 is 1.68 bits per heavy atom. The molecule has 0 amide bonds. The van der Waals surface area contributed by atoms with Crippen LogP contribution in [-0.2, 0) is 0 Å². The molecule has 0 radical (unpaired) electrons. The minimum Gasteiger partial charge on any atom is -0.493 e. The van der Waals surface area contributed by atoms with Crippen molar-refractivity contribution < 1.29 is 4.74 Å². The maximum atomic E-state index is 5.97. The molecule has 0 saturated carbocycles. The number of aryl methyl sites for hydroxylation is 2. The van der Waals surface area contributed by atoms with E-state index in [4.69, 9.17) is 10.5 Å². The molecule has 0 aliphatic carbocycles. The van der Waals surface area contributed by atoms with Gasteiger partial charge in [-0.1, -0.05) is 26.0 Å². The molecule has 108 valence electrons. The van der Waals surface area contributed by atoms with Crippen LogP contribution in [0.15, 0.2) is 12.1 Å². The zero-order valence-corrected chi connectivity index (χ0v) is 13.2. The zero-order valence-electron chi connectivity index (χ0n) is 13.2. The van der Waals surface area contributed by atoms with Crippen LogP contribution in [0.25, 0.3) is 0 Å². The summed E-state index contributed by atoms with van der Waals surface area (Å²) in [5.41, 5.74) is 9.79. The molecule has 1 aromatic carbocycles. The molecule has 1 rings (SSSR count). The molecular formula is C17H29NO. The molecule has 0 unspecified atom stereocenters. The van der Waals surface area contributed by atoms with Crippen LogP contribution in [0.5, 0.6) is 5.75 Å². The van der Waals surface area contributed by atoms with Crippen LogP contribution in [0.1, 0.15) is 49.8 Å². The maximum absolute atomic E-state index is 5.97. The predicted molar refractivity (Wildman–Crippen MR) is 82.8 cm³/mol. The summed E-state index contributed by atoms with van der Waals surface area (Å²) >= 11 is 0. The topological polar surface area (TPSA) is 35.2 Å². The van der Waals surface area contributed by atoms with Gasteiger partial charge in [0.2, 0.25) is 0 Å². The van der Waals surface area contributed by atoms with Gasteiger partial charge in [0.15, 0.2) is 0 Å². The second-order valence-electron chi connectivity index (χ2n) is 6.33. The Morgan fingerprint density at radius 3 is 2.32 bits per heavy atom. The van der Waals surface area contributed by atoms with Crippen molar-refractivity contribution in [3.05, 3.63) is 28.8 Å². The highest BCUT2D eigenvalue weighted by Crippen LogP contribution is 2.26. The first kappa shape index (κ1) is 16.0. The van der Waals surface area contributed by atoms with E-state index in [9.17, 15) is 0 Å². The fourth-order valence-corrected chi connectivity index (χ4v) is 2.13. The summed E-state index contributed by atoms with van der Waals surface area (Å²) in [7, 11) is 0. The van der Waals surface area contributed by atoms with Gasteiger partial charge >= 0.3 is 0 Å². The summed E-state index contributed by atoms with van der Waals surface area (Å²) in [5.74, 6) is 1.07. The molecule has 0 atom stereocenters. The van der Waals surface area contributed by atoms with Crippen molar-refractivity contribution in [2.75, 3.05) is 13.2 Å². The highest BCUT2D eigenvalue weighted by molar-refractivity contribution is 5.44. The third kappa shape index (κ3) is 4.87. The fraction of sp³-hybridized carbons (Fsp3) is 0.647. The van der Waals surface area contributed by atoms with E-state index in [0.717, 1.165) is 25.3 Å². The smallest absolute Gasteiger partial charge is 0.125 e. The quantitative estimate of drug-likeness (QED) is 0.750. The number of hydrogen-bond donors (Lipinski definition) is 1. The molecule has 2 N–H and O–H groups in total. The fourth-order valence-electron chi connectivity index (χ4n) is 2.13. The first-order valence-electron chi connectivity index (χ1n) is 7.27. The van der Waals surface area contributed by atoms with E-state index in [1.54, 1.807) is 0 Å². The summed E-state index contributed by atoms with van der Waals surface area (Å²) in [5, 5.41) is 0. The molecule has 0 aliphatic heterocycles. The Hall–Kier alpha value is -1.02. The summed E-state index contributed by atoms with van der Waals surface area (Å²) < 4.78 is 5.97. The molecule has 0 bridgehead atoms. The van der Waals surface area contributed by atoms with Crippen molar-refractivity contribution in [3.63, 3.8) is 0 Å². The SMILES string of the molecule is Cc1ccc(C)c(OCCCCC(C)(C)CN)c1C. The summed E-state index contributed by atoms with van der Waals surface area (Å²) in [4.78, 5) is 0. The number of benzene rings is 1. The van der Waals surface area contributed by atoms with Gasteiger partial charge in [-0.25, -0.2) is 0 Å². The number of rotatable bonds is 7. The van der Waals surface area contributed by atoms with Crippen molar-refractivity contribution in [3.8, 4) is 5.75 Å². The standard InChI is InChI=1S/C17H29NO/c1-13-8-9-14(2)16(15(13)3)19-11-7-6-10-17(4,5)12-18/h8-9H,6-7,10-12,18H2,1-5H3. The lowest BCUT2D eigenvalue weighted by Gasteiger charge is -2.22. The molecule has 0 fully saturated rings. The first-order chi connectivity index (χ1) is 8.87. The van der Waals surface area contributed by atoms with Crippen LogP contribution in [0, 0.1) is 26.2 Å². The van der Waals surface area contributed by atoms with E-state index in [-0.39, 0.29) is 5.41 Å². The van der Waals surface area contributed by atoms with Crippen molar-refractivity contribution >= 4 is 0 Å². The predicted octanol–water partition coefficient (Wildman–Crippen LogP) is 4.15. The van der Waals surface area contributed by atoms with Crippen LogP contribution >= 0.6 is 0 Å². The number of nitrogens with two attached hydrogens (primary N) is 1. The zero-order chi connectivity index (χ0) is 14.5. The van der Waals surface area contributed by atoms with E-state index in [2.05, 4.69) is 46.8 Å². The molecule has 19 heavy (non-hydrogen) atoms. The lowest BCUT2D eigenvalue weighted by Crippen LogP contribution is -2.23. The van der Waals surface area contributed by atoms with Crippen molar-refractivity contribution in [2.45, 2.75) is 53.9 Å². The summed E-state index contributed by atoms with van der Waals surface area (Å²) in [6.07, 6.45) is 3.43. The lowest BCUT2D eigenvalue weighted by molar-refractivity contribution is 0.276. The monoisotopic (exact) mass is 263 g/mol. The van der Waals surface area contributed by atoms with Gasteiger partial charge < -0.3 is 10.5 Å². The molecule has 2 nitrogen and oxygen atoms in total. The van der Waals surface area contributed by atoms with E-state index in [0.29, 0.717) is 0 Å². The Balaban J connectivity index is 2.40. The molecule has 0 heterocycles.